The molecule has 10 heavy (non-hydrogen) atoms. The van der Waals surface area contributed by atoms with Crippen molar-refractivity contribution in [2.75, 3.05) is 7.11 Å². The molecular weight excluding hydrogens is 175 g/mol. The molecular formula is C6H10Cl2O2. The van der Waals surface area contributed by atoms with Gasteiger partial charge in [-0.3, -0.25) is 0 Å². The number of carbonyl (C=O) groups excluding carboxylic acids is 1. The Morgan fingerprint density at radius 2 is 2.10 bits per heavy atom. The zero-order valence-corrected chi connectivity index (χ0v) is 7.50. The zero-order valence-electron chi connectivity index (χ0n) is 5.99. The van der Waals surface area contributed by atoms with Gasteiger partial charge >= 0.3 is 5.97 Å². The third-order valence-corrected chi connectivity index (χ3v) is 1.73. The van der Waals surface area contributed by atoms with E-state index in [9.17, 15) is 4.79 Å². The minimum atomic E-state index is -1.36. The smallest absolute Gasteiger partial charge is 0.342 e. The molecule has 0 N–H and O–H groups in total. The van der Waals surface area contributed by atoms with Gasteiger partial charge in [-0.05, 0) is 6.42 Å². The molecule has 2 nitrogen and oxygen atoms in total. The van der Waals surface area contributed by atoms with E-state index in [1.807, 2.05) is 6.92 Å². The lowest BCUT2D eigenvalue weighted by molar-refractivity contribution is -0.141. The van der Waals surface area contributed by atoms with Crippen LogP contribution in [0.15, 0.2) is 0 Å². The Morgan fingerprint density at radius 1 is 1.60 bits per heavy atom. The summed E-state index contributed by atoms with van der Waals surface area (Å²) in [5.74, 6) is -0.585. The molecule has 0 aliphatic heterocycles. The summed E-state index contributed by atoms with van der Waals surface area (Å²) in [6, 6.07) is 0. The van der Waals surface area contributed by atoms with Gasteiger partial charge in [0.1, 0.15) is 0 Å². The predicted molar refractivity (Wildman–Crippen MR) is 41.4 cm³/mol. The van der Waals surface area contributed by atoms with Gasteiger partial charge in [-0.1, -0.05) is 36.5 Å². The van der Waals surface area contributed by atoms with Crippen molar-refractivity contribution in [3.05, 3.63) is 0 Å². The fraction of sp³-hybridized carbons (Fsp3) is 0.833. The van der Waals surface area contributed by atoms with Gasteiger partial charge in [0, 0.05) is 0 Å². The van der Waals surface area contributed by atoms with E-state index in [1.54, 1.807) is 0 Å². The molecule has 0 spiro atoms. The van der Waals surface area contributed by atoms with E-state index in [2.05, 4.69) is 4.74 Å². The van der Waals surface area contributed by atoms with Gasteiger partial charge in [0.05, 0.1) is 7.11 Å². The second kappa shape index (κ2) is 4.04. The van der Waals surface area contributed by atoms with E-state index in [4.69, 9.17) is 23.2 Å². The first-order valence-corrected chi connectivity index (χ1v) is 3.76. The highest BCUT2D eigenvalue weighted by molar-refractivity contribution is 6.57. The number of alkyl halides is 2. The molecule has 0 aliphatic rings. The zero-order chi connectivity index (χ0) is 8.20. The number of ether oxygens (including phenoxy) is 1. The van der Waals surface area contributed by atoms with Crippen molar-refractivity contribution >= 4 is 29.2 Å². The van der Waals surface area contributed by atoms with Crippen molar-refractivity contribution in [2.45, 2.75) is 24.1 Å². The fourth-order valence-electron chi connectivity index (χ4n) is 0.565. The fourth-order valence-corrected chi connectivity index (χ4v) is 1.10. The van der Waals surface area contributed by atoms with Crippen LogP contribution in [0.25, 0.3) is 0 Å². The first-order chi connectivity index (χ1) is 4.54. The number of carbonyl (C=O) groups is 1. The third kappa shape index (κ3) is 2.76. The van der Waals surface area contributed by atoms with Crippen LogP contribution in [-0.2, 0) is 9.53 Å². The number of rotatable bonds is 3. The molecule has 0 saturated carbocycles. The lowest BCUT2D eigenvalue weighted by Crippen LogP contribution is -2.26. The molecule has 0 fully saturated rings. The first kappa shape index (κ1) is 10.0. The molecule has 0 aromatic rings. The molecule has 0 saturated heterocycles. The Bertz CT molecular complexity index is 123. The van der Waals surface area contributed by atoms with E-state index in [1.165, 1.54) is 7.11 Å². The van der Waals surface area contributed by atoms with Crippen LogP contribution in [0.3, 0.4) is 0 Å². The summed E-state index contributed by atoms with van der Waals surface area (Å²) < 4.78 is 3.01. The van der Waals surface area contributed by atoms with E-state index in [-0.39, 0.29) is 0 Å². The summed E-state index contributed by atoms with van der Waals surface area (Å²) in [4.78, 5) is 10.7. The topological polar surface area (TPSA) is 26.3 Å². The van der Waals surface area contributed by atoms with Crippen LogP contribution in [0.4, 0.5) is 0 Å². The van der Waals surface area contributed by atoms with Gasteiger partial charge in [-0.2, -0.15) is 0 Å². The van der Waals surface area contributed by atoms with Crippen LogP contribution in [0.1, 0.15) is 19.8 Å². The Hall–Kier alpha value is 0.0500. The van der Waals surface area contributed by atoms with Gasteiger partial charge in [-0.15, -0.1) is 0 Å². The average Bonchev–Trinajstić information content (AvgIpc) is 1.86. The second-order valence-corrected chi connectivity index (χ2v) is 3.43. The Balaban J connectivity index is 3.96. The van der Waals surface area contributed by atoms with Crippen LogP contribution in [-0.4, -0.2) is 17.4 Å². The molecule has 0 aromatic carbocycles. The SMILES string of the molecule is CCCC(Cl)(Cl)C(=O)OC. The number of methoxy groups -OCH3 is 1. The molecule has 0 bridgehead atoms. The van der Waals surface area contributed by atoms with Crippen LogP contribution < -0.4 is 0 Å². The number of hydrogen-bond donors (Lipinski definition) is 0. The van der Waals surface area contributed by atoms with Crippen LogP contribution in [0, 0.1) is 0 Å². The molecule has 0 aromatic heterocycles. The standard InChI is InChI=1S/C6H10Cl2O2/c1-3-4-6(7,8)5(9)10-2/h3-4H2,1-2H3. The molecule has 0 atom stereocenters. The van der Waals surface area contributed by atoms with Crippen molar-refractivity contribution in [3.63, 3.8) is 0 Å². The molecule has 60 valence electrons. The first-order valence-electron chi connectivity index (χ1n) is 3.01. The van der Waals surface area contributed by atoms with Crippen molar-refractivity contribution in [3.8, 4) is 0 Å². The Labute approximate surface area is 70.4 Å². The van der Waals surface area contributed by atoms with Gasteiger partial charge in [0.2, 0.25) is 4.33 Å². The van der Waals surface area contributed by atoms with Gasteiger partial charge in [0.15, 0.2) is 0 Å². The summed E-state index contributed by atoms with van der Waals surface area (Å²) >= 11 is 11.2. The number of halogens is 2. The van der Waals surface area contributed by atoms with E-state index >= 15 is 0 Å². The third-order valence-electron chi connectivity index (χ3n) is 1.05. The van der Waals surface area contributed by atoms with Crippen LogP contribution >= 0.6 is 23.2 Å². The van der Waals surface area contributed by atoms with E-state index in [0.717, 1.165) is 6.42 Å². The van der Waals surface area contributed by atoms with Crippen molar-refractivity contribution < 1.29 is 9.53 Å². The quantitative estimate of drug-likeness (QED) is 0.497. The van der Waals surface area contributed by atoms with Crippen molar-refractivity contribution in [2.24, 2.45) is 0 Å². The molecule has 0 heterocycles. The highest BCUT2D eigenvalue weighted by atomic mass is 35.5. The molecule has 0 aliphatic carbocycles. The van der Waals surface area contributed by atoms with E-state index in [0.29, 0.717) is 6.42 Å². The normalized spacial score (nSPS) is 11.2. The lowest BCUT2D eigenvalue weighted by Gasteiger charge is -2.14. The Morgan fingerprint density at radius 3 is 2.40 bits per heavy atom. The molecule has 0 amide bonds. The van der Waals surface area contributed by atoms with Gasteiger partial charge < -0.3 is 4.74 Å². The van der Waals surface area contributed by atoms with Crippen LogP contribution in [0.2, 0.25) is 0 Å². The highest BCUT2D eigenvalue weighted by Gasteiger charge is 2.33. The summed E-state index contributed by atoms with van der Waals surface area (Å²) in [7, 11) is 1.26. The van der Waals surface area contributed by atoms with E-state index < -0.39 is 10.3 Å². The maximum Gasteiger partial charge on any atom is 0.342 e. The van der Waals surface area contributed by atoms with Gasteiger partial charge in [-0.25, -0.2) is 4.79 Å². The predicted octanol–water partition coefficient (Wildman–Crippen LogP) is 2.13. The maximum absolute atomic E-state index is 10.7. The largest absolute Gasteiger partial charge is 0.467 e. The average molecular weight is 185 g/mol. The highest BCUT2D eigenvalue weighted by Crippen LogP contribution is 2.27. The summed E-state index contributed by atoms with van der Waals surface area (Å²) in [6.45, 7) is 1.89. The lowest BCUT2D eigenvalue weighted by atomic mass is 10.2. The minimum Gasteiger partial charge on any atom is -0.467 e. The van der Waals surface area contributed by atoms with Crippen LogP contribution in [0.5, 0.6) is 0 Å². The summed E-state index contributed by atoms with van der Waals surface area (Å²) in [6.07, 6.45) is 1.17. The molecule has 0 rings (SSSR count). The van der Waals surface area contributed by atoms with Gasteiger partial charge in [0.25, 0.3) is 0 Å². The molecule has 4 heteroatoms. The number of hydrogen-bond acceptors (Lipinski definition) is 2. The maximum atomic E-state index is 10.7. The molecule has 0 unspecified atom stereocenters. The second-order valence-electron chi connectivity index (χ2n) is 1.95. The minimum absolute atomic E-state index is 0.419. The van der Waals surface area contributed by atoms with Crippen molar-refractivity contribution in [1.29, 1.82) is 0 Å². The number of esters is 1. The van der Waals surface area contributed by atoms with Crippen molar-refractivity contribution in [1.82, 2.24) is 0 Å². The summed E-state index contributed by atoms with van der Waals surface area (Å²) in [5, 5.41) is 0. The summed E-state index contributed by atoms with van der Waals surface area (Å²) in [5.41, 5.74) is 0. The Kier molecular flexibility index (Phi) is 4.06. The monoisotopic (exact) mass is 184 g/mol. The molecule has 0 radical (unpaired) electrons.